The summed E-state index contributed by atoms with van der Waals surface area (Å²) in [5, 5.41) is 3.57. The summed E-state index contributed by atoms with van der Waals surface area (Å²) in [6.45, 7) is 17.9. The predicted molar refractivity (Wildman–Crippen MR) is 81.5 cm³/mol. The second-order valence-corrected chi connectivity index (χ2v) is 7.99. The Morgan fingerprint density at radius 3 is 1.05 bits per heavy atom. The van der Waals surface area contributed by atoms with E-state index in [-0.39, 0.29) is 24.2 Å². The van der Waals surface area contributed by atoms with Crippen LogP contribution in [-0.4, -0.2) is 45.9 Å². The summed E-state index contributed by atoms with van der Waals surface area (Å²) in [6, 6.07) is 0.728. The van der Waals surface area contributed by atoms with Crippen molar-refractivity contribution in [1.82, 2.24) is 10.1 Å². The van der Waals surface area contributed by atoms with Gasteiger partial charge in [-0.2, -0.15) is 4.89 Å². The smallest absolute Gasteiger partial charge is 0.190 e. The molecule has 1 N–H and O–H groups in total. The number of rotatable bonds is 8. The number of hydroxylamine groups is 4. The van der Waals surface area contributed by atoms with Crippen LogP contribution >= 0.6 is 7.94 Å². The van der Waals surface area contributed by atoms with Crippen LogP contribution in [-0.2, 0) is 9.25 Å². The van der Waals surface area contributed by atoms with Gasteiger partial charge in [0, 0.05) is 24.2 Å². The highest BCUT2D eigenvalue weighted by molar-refractivity contribution is 7.59. The van der Waals surface area contributed by atoms with Crippen LogP contribution in [0.4, 0.5) is 0 Å². The lowest BCUT2D eigenvalue weighted by Crippen LogP contribution is -2.40. The normalized spacial score (nSPS) is 13.9. The van der Waals surface area contributed by atoms with Gasteiger partial charge in [-0.25, -0.2) is 0 Å². The fourth-order valence-corrected chi connectivity index (χ4v) is 3.42. The van der Waals surface area contributed by atoms with E-state index in [1.807, 2.05) is 55.4 Å². The summed E-state index contributed by atoms with van der Waals surface area (Å²) in [5.41, 5.74) is 0. The first-order valence-corrected chi connectivity index (χ1v) is 9.05. The van der Waals surface area contributed by atoms with Gasteiger partial charge in [0.25, 0.3) is 0 Å². The van der Waals surface area contributed by atoms with E-state index in [1.165, 1.54) is 0 Å². The molecule has 0 spiro atoms. The van der Waals surface area contributed by atoms with Crippen LogP contribution in [0.3, 0.4) is 0 Å². The fourth-order valence-electron chi connectivity index (χ4n) is 1.93. The molecule has 0 atom stereocenters. The molecule has 0 amide bonds. The Hall–Kier alpha value is 0.230. The molecule has 0 aliphatic rings. The summed E-state index contributed by atoms with van der Waals surface area (Å²) in [6.07, 6.45) is 0. The minimum Gasteiger partial charge on any atom is -0.190 e. The third-order valence-corrected chi connectivity index (χ3v) is 3.51. The molecule has 0 aliphatic carbocycles. The summed E-state index contributed by atoms with van der Waals surface area (Å²) >= 11 is 0. The zero-order chi connectivity index (χ0) is 15.4. The SMILES string of the molecule is CC(C)N(O[P+](C)(O)ON(C(C)C)C(C)C)C(C)C. The van der Waals surface area contributed by atoms with Crippen molar-refractivity contribution in [3.63, 3.8) is 0 Å². The maximum atomic E-state index is 10.4. The van der Waals surface area contributed by atoms with E-state index in [1.54, 1.807) is 16.8 Å². The van der Waals surface area contributed by atoms with Gasteiger partial charge in [-0.1, -0.05) is 9.25 Å². The average Bonchev–Trinajstić information content (AvgIpc) is 2.21. The minimum atomic E-state index is -2.92. The predicted octanol–water partition coefficient (Wildman–Crippen LogP) is 3.47. The van der Waals surface area contributed by atoms with Crippen molar-refractivity contribution in [2.45, 2.75) is 79.6 Å². The highest BCUT2D eigenvalue weighted by Gasteiger charge is 2.43. The van der Waals surface area contributed by atoms with Gasteiger partial charge in [-0.15, -0.1) is 10.1 Å². The first-order chi connectivity index (χ1) is 8.48. The first kappa shape index (κ1) is 19.2. The highest BCUT2D eigenvalue weighted by Crippen LogP contribution is 2.55. The molecule has 0 aliphatic heterocycles. The molecule has 0 saturated heterocycles. The molecule has 0 rings (SSSR count). The number of nitrogens with zero attached hydrogens (tertiary/aromatic N) is 2. The van der Waals surface area contributed by atoms with Crippen LogP contribution in [0.5, 0.6) is 0 Å². The summed E-state index contributed by atoms with van der Waals surface area (Å²) in [7, 11) is -2.92. The molecule has 0 radical (unpaired) electrons. The fraction of sp³-hybridized carbons (Fsp3) is 1.00. The molecule has 0 fully saturated rings. The Bertz CT molecular complexity index is 218. The molecule has 5 nitrogen and oxygen atoms in total. The molecule has 0 heterocycles. The van der Waals surface area contributed by atoms with Crippen LogP contribution < -0.4 is 0 Å². The van der Waals surface area contributed by atoms with Crippen LogP contribution in [0.25, 0.3) is 0 Å². The van der Waals surface area contributed by atoms with Gasteiger partial charge in [0.15, 0.2) is 0 Å². The lowest BCUT2D eigenvalue weighted by atomic mass is 10.3. The Kier molecular flexibility index (Phi) is 7.96. The van der Waals surface area contributed by atoms with Crippen molar-refractivity contribution in [3.05, 3.63) is 0 Å². The maximum Gasteiger partial charge on any atom is 0.450 e. The van der Waals surface area contributed by atoms with Crippen LogP contribution in [0.2, 0.25) is 0 Å². The second-order valence-electron chi connectivity index (χ2n) is 6.06. The lowest BCUT2D eigenvalue weighted by molar-refractivity contribution is -0.177. The zero-order valence-electron chi connectivity index (χ0n) is 13.9. The van der Waals surface area contributed by atoms with Crippen molar-refractivity contribution in [2.75, 3.05) is 6.66 Å². The molecular formula is C13H32N2O3P+. The van der Waals surface area contributed by atoms with Gasteiger partial charge < -0.3 is 0 Å². The second kappa shape index (κ2) is 7.87. The third-order valence-electron chi connectivity index (χ3n) is 2.53. The number of hydrogen-bond acceptors (Lipinski definition) is 5. The average molecular weight is 295 g/mol. The van der Waals surface area contributed by atoms with E-state index in [4.69, 9.17) is 9.25 Å². The molecule has 6 heteroatoms. The van der Waals surface area contributed by atoms with E-state index < -0.39 is 7.94 Å². The molecule has 19 heavy (non-hydrogen) atoms. The highest BCUT2D eigenvalue weighted by atomic mass is 31.2. The summed E-state index contributed by atoms with van der Waals surface area (Å²) in [4.78, 5) is 10.4. The van der Waals surface area contributed by atoms with Crippen LogP contribution in [0.15, 0.2) is 0 Å². The maximum absolute atomic E-state index is 10.4. The molecule has 0 unspecified atom stereocenters. The molecule has 0 saturated carbocycles. The van der Waals surface area contributed by atoms with Gasteiger partial charge in [0.1, 0.15) is 6.66 Å². The molecule has 0 aromatic rings. The van der Waals surface area contributed by atoms with Crippen molar-refractivity contribution < 1.29 is 14.1 Å². The molecule has 0 aromatic carbocycles. The molecule has 116 valence electrons. The van der Waals surface area contributed by atoms with Crippen molar-refractivity contribution in [1.29, 1.82) is 0 Å². The molecule has 0 bridgehead atoms. The first-order valence-electron chi connectivity index (χ1n) is 7.03. The van der Waals surface area contributed by atoms with E-state index in [9.17, 15) is 4.89 Å². The van der Waals surface area contributed by atoms with Crippen LogP contribution in [0, 0.1) is 0 Å². The van der Waals surface area contributed by atoms with Gasteiger partial charge in [-0.3, -0.25) is 0 Å². The van der Waals surface area contributed by atoms with E-state index in [0.29, 0.717) is 0 Å². The molecule has 0 aromatic heterocycles. The van der Waals surface area contributed by atoms with Crippen LogP contribution in [0.1, 0.15) is 55.4 Å². The standard InChI is InChI=1S/C13H32N2O3P/c1-10(2)14(11(3)4)17-19(9,16)18-15(12(5)6)13(7)8/h10-13,16H,1-9H3/q+1. The Labute approximate surface area is 119 Å². The van der Waals surface area contributed by atoms with Crippen molar-refractivity contribution >= 4 is 7.94 Å². The van der Waals surface area contributed by atoms with Gasteiger partial charge in [0.2, 0.25) is 0 Å². The number of hydrogen-bond donors (Lipinski definition) is 1. The lowest BCUT2D eigenvalue weighted by Gasteiger charge is -2.32. The summed E-state index contributed by atoms with van der Waals surface area (Å²) < 4.78 is 11.5. The molecular weight excluding hydrogens is 263 g/mol. The summed E-state index contributed by atoms with van der Waals surface area (Å²) in [5.74, 6) is 0. The van der Waals surface area contributed by atoms with Gasteiger partial charge in [-0.05, 0) is 55.4 Å². The zero-order valence-corrected chi connectivity index (χ0v) is 14.8. The van der Waals surface area contributed by atoms with Gasteiger partial charge in [0.05, 0.1) is 0 Å². The van der Waals surface area contributed by atoms with E-state index >= 15 is 0 Å². The van der Waals surface area contributed by atoms with E-state index in [2.05, 4.69) is 0 Å². The van der Waals surface area contributed by atoms with Crippen molar-refractivity contribution in [3.8, 4) is 0 Å². The van der Waals surface area contributed by atoms with Crippen molar-refractivity contribution in [2.24, 2.45) is 0 Å². The van der Waals surface area contributed by atoms with Gasteiger partial charge >= 0.3 is 7.94 Å². The van der Waals surface area contributed by atoms with E-state index in [0.717, 1.165) is 0 Å². The Morgan fingerprint density at radius 2 is 0.895 bits per heavy atom. The Balaban J connectivity index is 4.77. The largest absolute Gasteiger partial charge is 0.450 e. The topological polar surface area (TPSA) is 45.2 Å². The third kappa shape index (κ3) is 6.98. The monoisotopic (exact) mass is 295 g/mol. The Morgan fingerprint density at radius 1 is 0.684 bits per heavy atom. The minimum absolute atomic E-state index is 0.182. The quantitative estimate of drug-likeness (QED) is 0.549.